The van der Waals surface area contributed by atoms with E-state index in [-0.39, 0.29) is 25.5 Å². The molecule has 2 atom stereocenters. The highest BCUT2D eigenvalue weighted by Crippen LogP contribution is 2.19. The van der Waals surface area contributed by atoms with Gasteiger partial charge < -0.3 is 20.5 Å². The number of nitrogens with one attached hydrogen (secondary N) is 2. The van der Waals surface area contributed by atoms with Crippen molar-refractivity contribution in [1.82, 2.24) is 10.6 Å². The van der Waals surface area contributed by atoms with Gasteiger partial charge in [-0.3, -0.25) is 9.59 Å². The molecule has 2 unspecified atom stereocenters. The highest BCUT2D eigenvalue weighted by atomic mass is 16.5. The molecule has 0 aromatic rings. The minimum absolute atomic E-state index is 0. The number of carbonyl (C=O) groups excluding carboxylic acids is 2. The number of ether oxygens (including phenoxy) is 1. The Morgan fingerprint density at radius 3 is 2.40 bits per heavy atom. The molecule has 0 spiro atoms. The molecule has 1 saturated heterocycles. The Balaban J connectivity index is 0. The predicted molar refractivity (Wildman–Crippen MR) is 79.3 cm³/mol. The summed E-state index contributed by atoms with van der Waals surface area (Å²) in [5.74, 6) is 0.0500. The molecule has 0 bridgehead atoms. The Bertz CT molecular complexity index is 270. The van der Waals surface area contributed by atoms with Crippen LogP contribution in [0.3, 0.4) is 0 Å². The SMILES string of the molecule is C.C=C.CCOC=O.O=C(NC1CC1)C1CC(O)CN1. The van der Waals surface area contributed by atoms with Gasteiger partial charge in [-0.25, -0.2) is 0 Å². The van der Waals surface area contributed by atoms with Gasteiger partial charge in [0.2, 0.25) is 5.91 Å². The molecule has 20 heavy (non-hydrogen) atoms. The van der Waals surface area contributed by atoms with Crippen LogP contribution in [0.4, 0.5) is 0 Å². The van der Waals surface area contributed by atoms with Gasteiger partial charge in [0.05, 0.1) is 18.8 Å². The summed E-state index contributed by atoms with van der Waals surface area (Å²) in [6.45, 7) is 9.21. The van der Waals surface area contributed by atoms with Crippen LogP contribution in [0.25, 0.3) is 0 Å². The zero-order valence-corrected chi connectivity index (χ0v) is 11.4. The quantitative estimate of drug-likeness (QED) is 0.521. The first-order chi connectivity index (χ1) is 9.17. The topological polar surface area (TPSA) is 87.7 Å². The molecule has 6 nitrogen and oxygen atoms in total. The third-order valence-electron chi connectivity index (χ3n) is 2.58. The smallest absolute Gasteiger partial charge is 0.293 e. The van der Waals surface area contributed by atoms with Crippen LogP contribution < -0.4 is 10.6 Å². The molecule has 1 aliphatic carbocycles. The van der Waals surface area contributed by atoms with E-state index in [1.54, 1.807) is 6.92 Å². The maximum absolute atomic E-state index is 11.4. The van der Waals surface area contributed by atoms with Gasteiger partial charge in [0.15, 0.2) is 0 Å². The Morgan fingerprint density at radius 2 is 2.10 bits per heavy atom. The first kappa shape index (κ1) is 20.9. The van der Waals surface area contributed by atoms with Crippen LogP contribution in [-0.2, 0) is 14.3 Å². The molecule has 0 radical (unpaired) electrons. The van der Waals surface area contributed by atoms with Gasteiger partial charge in [0.25, 0.3) is 6.47 Å². The van der Waals surface area contributed by atoms with E-state index in [2.05, 4.69) is 28.5 Å². The highest BCUT2D eigenvalue weighted by Gasteiger charge is 2.31. The van der Waals surface area contributed by atoms with E-state index in [0.717, 1.165) is 12.8 Å². The zero-order valence-electron chi connectivity index (χ0n) is 11.4. The van der Waals surface area contributed by atoms with Crippen molar-refractivity contribution in [3.63, 3.8) is 0 Å². The average molecular weight is 288 g/mol. The van der Waals surface area contributed by atoms with E-state index in [1.165, 1.54) is 0 Å². The normalized spacial score (nSPS) is 22.9. The van der Waals surface area contributed by atoms with E-state index < -0.39 is 0 Å². The maximum Gasteiger partial charge on any atom is 0.293 e. The van der Waals surface area contributed by atoms with E-state index in [4.69, 9.17) is 5.11 Å². The second kappa shape index (κ2) is 12.6. The summed E-state index contributed by atoms with van der Waals surface area (Å²) in [5.41, 5.74) is 0. The fourth-order valence-corrected chi connectivity index (χ4v) is 1.51. The predicted octanol–water partition coefficient (Wildman–Crippen LogP) is 0.605. The lowest BCUT2D eigenvalue weighted by atomic mass is 10.2. The molecule has 6 heteroatoms. The van der Waals surface area contributed by atoms with Crippen LogP contribution in [0.1, 0.15) is 33.6 Å². The van der Waals surface area contributed by atoms with Crippen LogP contribution in [0.15, 0.2) is 13.2 Å². The largest absolute Gasteiger partial charge is 0.468 e. The van der Waals surface area contributed by atoms with Gasteiger partial charge in [0, 0.05) is 12.6 Å². The molecule has 1 amide bonds. The van der Waals surface area contributed by atoms with Crippen molar-refractivity contribution < 1.29 is 19.4 Å². The van der Waals surface area contributed by atoms with Crippen molar-refractivity contribution in [1.29, 1.82) is 0 Å². The molecule has 1 aliphatic heterocycles. The van der Waals surface area contributed by atoms with Gasteiger partial charge in [-0.1, -0.05) is 7.43 Å². The van der Waals surface area contributed by atoms with Gasteiger partial charge in [-0.15, -0.1) is 13.2 Å². The molecule has 118 valence electrons. The minimum atomic E-state index is -0.347. The monoisotopic (exact) mass is 288 g/mol. The molecule has 1 saturated carbocycles. The third-order valence-corrected chi connectivity index (χ3v) is 2.58. The summed E-state index contributed by atoms with van der Waals surface area (Å²) in [6, 6.07) is 0.248. The molecule has 0 aromatic carbocycles. The molecular formula is C14H28N2O4. The first-order valence-electron chi connectivity index (χ1n) is 6.44. The first-order valence-corrected chi connectivity index (χ1v) is 6.44. The summed E-state index contributed by atoms with van der Waals surface area (Å²) in [7, 11) is 0. The van der Waals surface area contributed by atoms with Gasteiger partial charge >= 0.3 is 0 Å². The Morgan fingerprint density at radius 1 is 1.50 bits per heavy atom. The third kappa shape index (κ3) is 9.52. The second-order valence-corrected chi connectivity index (χ2v) is 4.18. The van der Waals surface area contributed by atoms with Crippen LogP contribution in [-0.4, -0.2) is 48.8 Å². The van der Waals surface area contributed by atoms with Crippen LogP contribution in [0, 0.1) is 0 Å². The Labute approximate surface area is 121 Å². The number of aliphatic hydroxyl groups excluding tert-OH is 1. The number of β-amino-alcohol motifs (C(OH)–C–C–N with tert-alkyl or cyclic N) is 1. The second-order valence-electron chi connectivity index (χ2n) is 4.18. The Kier molecular flexibility index (Phi) is 13.2. The van der Waals surface area contributed by atoms with Crippen molar-refractivity contribution in [2.75, 3.05) is 13.2 Å². The maximum atomic E-state index is 11.4. The minimum Gasteiger partial charge on any atom is -0.468 e. The van der Waals surface area contributed by atoms with E-state index in [0.29, 0.717) is 32.1 Å². The molecule has 0 aromatic heterocycles. The van der Waals surface area contributed by atoms with Gasteiger partial charge in [0.1, 0.15) is 0 Å². The summed E-state index contributed by atoms with van der Waals surface area (Å²) < 4.78 is 4.15. The van der Waals surface area contributed by atoms with Crippen molar-refractivity contribution in [3.8, 4) is 0 Å². The van der Waals surface area contributed by atoms with Crippen molar-refractivity contribution in [2.24, 2.45) is 0 Å². The average Bonchev–Trinajstić information content (AvgIpc) is 3.12. The zero-order chi connectivity index (χ0) is 14.7. The van der Waals surface area contributed by atoms with Gasteiger partial charge in [-0.05, 0) is 26.2 Å². The van der Waals surface area contributed by atoms with Crippen molar-refractivity contribution in [2.45, 2.75) is 51.8 Å². The van der Waals surface area contributed by atoms with Crippen molar-refractivity contribution >= 4 is 12.4 Å². The molecule has 2 fully saturated rings. The molecule has 2 rings (SSSR count). The van der Waals surface area contributed by atoms with E-state index >= 15 is 0 Å². The van der Waals surface area contributed by atoms with E-state index in [1.807, 2.05) is 0 Å². The number of amides is 1. The van der Waals surface area contributed by atoms with E-state index in [9.17, 15) is 9.59 Å². The van der Waals surface area contributed by atoms with Crippen LogP contribution in [0.5, 0.6) is 0 Å². The molecule has 1 heterocycles. The lowest BCUT2D eigenvalue weighted by molar-refractivity contribution is -0.128. The lowest BCUT2D eigenvalue weighted by Gasteiger charge is -2.09. The number of carbonyl (C=O) groups is 2. The van der Waals surface area contributed by atoms with Crippen LogP contribution >= 0.6 is 0 Å². The standard InChI is InChI=1S/C8H14N2O2.C3H6O2.C2H4.CH4/c11-6-3-7(9-4-6)8(12)10-5-1-2-5;1-2-5-3-4;1-2;/h5-7,9,11H,1-4H2,(H,10,12);3H,2H2,1H3;1-2H2;1H4. The summed E-state index contributed by atoms with van der Waals surface area (Å²) in [5, 5.41) is 15.0. The molecule has 2 aliphatic rings. The molecular weight excluding hydrogens is 260 g/mol. The number of hydrogen-bond acceptors (Lipinski definition) is 5. The fourth-order valence-electron chi connectivity index (χ4n) is 1.51. The van der Waals surface area contributed by atoms with Gasteiger partial charge in [-0.2, -0.15) is 0 Å². The number of aliphatic hydroxyl groups is 1. The summed E-state index contributed by atoms with van der Waals surface area (Å²) >= 11 is 0. The number of rotatable bonds is 4. The fraction of sp³-hybridized carbons (Fsp3) is 0.714. The van der Waals surface area contributed by atoms with Crippen molar-refractivity contribution in [3.05, 3.63) is 13.2 Å². The lowest BCUT2D eigenvalue weighted by Crippen LogP contribution is -2.41. The number of hydrogen-bond donors (Lipinski definition) is 3. The molecule has 3 N–H and O–H groups in total. The summed E-state index contributed by atoms with van der Waals surface area (Å²) in [6.07, 6.45) is 2.43. The summed E-state index contributed by atoms with van der Waals surface area (Å²) in [4.78, 5) is 20.5. The highest BCUT2D eigenvalue weighted by molar-refractivity contribution is 5.82. The Hall–Kier alpha value is -1.40. The van der Waals surface area contributed by atoms with Crippen LogP contribution in [0.2, 0.25) is 0 Å².